The maximum absolute atomic E-state index is 15.8. The number of piperazine rings is 1. The average molecular weight is 1130 g/mol. The van der Waals surface area contributed by atoms with E-state index in [-0.39, 0.29) is 34.2 Å². The minimum Gasteiger partial charge on any atom is -0.380 e. The van der Waals surface area contributed by atoms with Crippen LogP contribution in [0.4, 0.5) is 27.1 Å². The molecule has 0 unspecified atom stereocenters. The standard InChI is InChI=1S/C56H69ClFN7O6S4.CH4/c1-38(2)59-45-23-26-62(27-24-45)28-25-47(37-72-50-11-9-8-10-12-50)60-52-22-21-51(36-53(52)73(6,66)67)75(70,71)61-46-17-19-48(20-18-46)63-29-31-64(32-30-63)49-34-42(33-44(58)35-49)54-55(41-13-15-43(57)16-14-41)65(39(3)4)40(5)56(54)74(7,68)69;/h8-22,33-36,38-39,45,47,59-61H,23-32,37H2,1-7H3;1H4/t47-;/m1./s1. The Morgan fingerprint density at radius 3 is 1.95 bits per heavy atom. The van der Waals surface area contributed by atoms with Crippen molar-refractivity contribution in [3.05, 3.63) is 132 Å². The number of sulfonamides is 1. The second-order valence-corrected chi connectivity index (χ2v) is 27.5. The third kappa shape index (κ3) is 14.3. The van der Waals surface area contributed by atoms with Crippen molar-refractivity contribution in [2.45, 2.75) is 105 Å². The Morgan fingerprint density at radius 2 is 1.36 bits per heavy atom. The van der Waals surface area contributed by atoms with Gasteiger partial charge < -0.3 is 29.9 Å². The van der Waals surface area contributed by atoms with E-state index in [9.17, 15) is 25.3 Å². The number of sulfone groups is 2. The molecule has 1 atom stereocenters. The molecule has 0 radical (unpaired) electrons. The molecule has 0 spiro atoms. The van der Waals surface area contributed by atoms with Gasteiger partial charge in [-0.25, -0.2) is 29.6 Å². The summed E-state index contributed by atoms with van der Waals surface area (Å²) in [4.78, 5) is 7.69. The van der Waals surface area contributed by atoms with Crippen LogP contribution in [0, 0.1) is 12.7 Å². The van der Waals surface area contributed by atoms with E-state index in [2.05, 4.69) is 56.0 Å². The fraction of sp³-hybridized carbons (Fsp3) is 0.404. The van der Waals surface area contributed by atoms with Gasteiger partial charge in [0.25, 0.3) is 10.0 Å². The zero-order chi connectivity index (χ0) is 53.8. The molecule has 13 nitrogen and oxygen atoms in total. The van der Waals surface area contributed by atoms with Crippen molar-refractivity contribution in [2.75, 3.05) is 83.9 Å². The summed E-state index contributed by atoms with van der Waals surface area (Å²) >= 11 is 7.96. The molecule has 2 aliphatic heterocycles. The average Bonchev–Trinajstić information content (AvgIpc) is 3.69. The van der Waals surface area contributed by atoms with Gasteiger partial charge in [-0.15, -0.1) is 11.8 Å². The molecule has 3 heterocycles. The van der Waals surface area contributed by atoms with Gasteiger partial charge in [0.2, 0.25) is 0 Å². The molecule has 0 aliphatic carbocycles. The van der Waals surface area contributed by atoms with Crippen LogP contribution in [0.1, 0.15) is 66.1 Å². The molecule has 76 heavy (non-hydrogen) atoms. The highest BCUT2D eigenvalue weighted by Crippen LogP contribution is 2.45. The molecule has 1 aromatic heterocycles. The van der Waals surface area contributed by atoms with Gasteiger partial charge in [0, 0.05) is 113 Å². The number of piperidine rings is 1. The summed E-state index contributed by atoms with van der Waals surface area (Å²) in [6.45, 7) is 15.1. The highest BCUT2D eigenvalue weighted by atomic mass is 35.5. The van der Waals surface area contributed by atoms with Crippen LogP contribution in [0.2, 0.25) is 5.02 Å². The Labute approximate surface area is 460 Å². The number of halogens is 2. The Hall–Kier alpha value is -5.08. The molecule has 3 N–H and O–H groups in total. The number of anilines is 4. The topological polar surface area (TPSA) is 153 Å². The van der Waals surface area contributed by atoms with Gasteiger partial charge in [0.1, 0.15) is 5.82 Å². The van der Waals surface area contributed by atoms with E-state index >= 15 is 4.39 Å². The quantitative estimate of drug-likeness (QED) is 0.0624. The first-order valence-electron chi connectivity index (χ1n) is 25.5. The van der Waals surface area contributed by atoms with E-state index in [1.54, 1.807) is 49.0 Å². The zero-order valence-electron chi connectivity index (χ0n) is 43.7. The maximum Gasteiger partial charge on any atom is 0.261 e. The number of hydrogen-bond acceptors (Lipinski definition) is 12. The number of nitrogens with one attached hydrogen (secondary N) is 3. The van der Waals surface area contributed by atoms with Gasteiger partial charge in [0.15, 0.2) is 19.7 Å². The van der Waals surface area contributed by atoms with Gasteiger partial charge >= 0.3 is 0 Å². The zero-order valence-corrected chi connectivity index (χ0v) is 47.7. The maximum atomic E-state index is 15.8. The molecule has 19 heteroatoms. The highest BCUT2D eigenvalue weighted by Gasteiger charge is 2.31. The van der Waals surface area contributed by atoms with E-state index < -0.39 is 35.5 Å². The van der Waals surface area contributed by atoms with Crippen molar-refractivity contribution in [3.63, 3.8) is 0 Å². The number of benzene rings is 5. The van der Waals surface area contributed by atoms with Gasteiger partial charge in [-0.1, -0.05) is 63.2 Å². The van der Waals surface area contributed by atoms with Crippen molar-refractivity contribution in [1.29, 1.82) is 0 Å². The second-order valence-electron chi connectivity index (χ2n) is 20.3. The largest absolute Gasteiger partial charge is 0.380 e. The predicted molar refractivity (Wildman–Crippen MR) is 313 cm³/mol. The molecule has 2 fully saturated rings. The third-order valence-electron chi connectivity index (χ3n) is 13.9. The molecule has 0 amide bonds. The van der Waals surface area contributed by atoms with Crippen LogP contribution in [0.25, 0.3) is 22.4 Å². The smallest absolute Gasteiger partial charge is 0.261 e. The van der Waals surface area contributed by atoms with Crippen LogP contribution >= 0.6 is 23.4 Å². The number of hydrogen-bond donors (Lipinski definition) is 3. The molecule has 6 aromatic rings. The van der Waals surface area contributed by atoms with Crippen LogP contribution in [0.5, 0.6) is 0 Å². The van der Waals surface area contributed by atoms with Crippen LogP contribution < -0.4 is 25.2 Å². The first-order chi connectivity index (χ1) is 35.5. The molecular weight excluding hydrogens is 1060 g/mol. The summed E-state index contributed by atoms with van der Waals surface area (Å²) in [5, 5.41) is 7.70. The van der Waals surface area contributed by atoms with E-state index in [0.717, 1.165) is 61.3 Å². The summed E-state index contributed by atoms with van der Waals surface area (Å²) in [5.74, 6) is 0.186. The second kappa shape index (κ2) is 24.7. The number of rotatable bonds is 20. The number of thioether (sulfide) groups is 1. The molecule has 410 valence electrons. The number of likely N-dealkylation sites (tertiary alicyclic amines) is 1. The first-order valence-corrected chi connectivity index (χ1v) is 32.1. The van der Waals surface area contributed by atoms with Crippen molar-refractivity contribution in [2.24, 2.45) is 0 Å². The molecule has 2 saturated heterocycles. The molecule has 0 bridgehead atoms. The lowest BCUT2D eigenvalue weighted by Crippen LogP contribution is -2.46. The first kappa shape index (κ1) is 58.6. The van der Waals surface area contributed by atoms with Crippen LogP contribution in [0.15, 0.2) is 135 Å². The normalized spacial score (nSPS) is 15.5. The lowest BCUT2D eigenvalue weighted by atomic mass is 9.99. The van der Waals surface area contributed by atoms with Crippen molar-refractivity contribution in [3.8, 4) is 22.4 Å². The van der Waals surface area contributed by atoms with Crippen LogP contribution in [0.3, 0.4) is 0 Å². The van der Waals surface area contributed by atoms with Gasteiger partial charge in [-0.2, -0.15) is 0 Å². The van der Waals surface area contributed by atoms with E-state index in [1.165, 1.54) is 30.5 Å². The minimum atomic E-state index is -4.21. The Morgan fingerprint density at radius 1 is 0.724 bits per heavy atom. The predicted octanol–water partition coefficient (Wildman–Crippen LogP) is 11.5. The molecule has 8 rings (SSSR count). The van der Waals surface area contributed by atoms with Gasteiger partial charge in [0.05, 0.1) is 26.1 Å². The third-order valence-corrected chi connectivity index (χ3v) is 19.1. The Kier molecular flexibility index (Phi) is 19.1. The summed E-state index contributed by atoms with van der Waals surface area (Å²) in [6, 6.07) is 33.9. The highest BCUT2D eigenvalue weighted by molar-refractivity contribution is 7.99. The lowest BCUT2D eigenvalue weighted by Gasteiger charge is -2.37. The Balaban J connectivity index is 0.00000840. The van der Waals surface area contributed by atoms with Crippen molar-refractivity contribution >= 4 is 75.8 Å². The molecule has 5 aromatic carbocycles. The number of nitrogens with zero attached hydrogens (tertiary/aromatic N) is 4. The van der Waals surface area contributed by atoms with Crippen LogP contribution in [-0.4, -0.2) is 117 Å². The van der Waals surface area contributed by atoms with Crippen LogP contribution in [-0.2, 0) is 29.7 Å². The summed E-state index contributed by atoms with van der Waals surface area (Å²) in [5.41, 5.74) is 5.03. The van der Waals surface area contributed by atoms with Crippen molar-refractivity contribution < 1.29 is 29.6 Å². The summed E-state index contributed by atoms with van der Waals surface area (Å²) < 4.78 is 102. The fourth-order valence-electron chi connectivity index (χ4n) is 10.4. The number of aromatic nitrogens is 1. The Bertz CT molecular complexity index is 3290. The van der Waals surface area contributed by atoms with E-state index in [0.29, 0.717) is 88.6 Å². The van der Waals surface area contributed by atoms with E-state index in [4.69, 9.17) is 11.6 Å². The minimum absolute atomic E-state index is 0. The van der Waals surface area contributed by atoms with Gasteiger partial charge in [-0.05, 0) is 149 Å². The van der Waals surface area contributed by atoms with E-state index in [1.807, 2.05) is 66.9 Å². The molecular formula is C57H73ClFN7O6S4. The monoisotopic (exact) mass is 1130 g/mol. The van der Waals surface area contributed by atoms with Crippen molar-refractivity contribution in [1.82, 2.24) is 14.8 Å². The molecule has 0 saturated carbocycles. The fourth-order valence-corrected chi connectivity index (χ4v) is 14.7. The van der Waals surface area contributed by atoms with Gasteiger partial charge in [-0.3, -0.25) is 4.72 Å². The lowest BCUT2D eigenvalue weighted by molar-refractivity contribution is 0.190. The molecule has 2 aliphatic rings. The summed E-state index contributed by atoms with van der Waals surface area (Å²) in [7, 11) is -11.8. The summed E-state index contributed by atoms with van der Waals surface area (Å²) in [6.07, 6.45) is 5.19. The SMILES string of the molecule is C.Cc1c(S(C)(=O)=O)c(-c2cc(F)cc(N3CCN(c4ccc(NS(=O)(=O)c5ccc(N[C@H](CCN6CCC(NC(C)C)CC6)CSc6ccccc6)c(S(C)(=O)=O)c5)cc4)CC3)c2)c(-c2ccc(Cl)cc2)n1C(C)C.